The molecule has 1 amide bonds. The van der Waals surface area contributed by atoms with Crippen molar-refractivity contribution in [2.75, 3.05) is 24.5 Å². The predicted molar refractivity (Wildman–Crippen MR) is 116 cm³/mol. The molecule has 0 aromatic heterocycles. The number of carbonyl (C=O) groups excluding carboxylic acids is 1. The van der Waals surface area contributed by atoms with Crippen molar-refractivity contribution in [1.29, 1.82) is 0 Å². The lowest BCUT2D eigenvalue weighted by Crippen LogP contribution is -2.38. The second-order valence-corrected chi connectivity index (χ2v) is 8.36. The fraction of sp³-hybridized carbons (Fsp3) is 0.227. The van der Waals surface area contributed by atoms with Crippen LogP contribution in [0.15, 0.2) is 71.6 Å². The Morgan fingerprint density at radius 3 is 2.38 bits per heavy atom. The Labute approximate surface area is 171 Å². The van der Waals surface area contributed by atoms with E-state index in [0.29, 0.717) is 13.0 Å². The molecule has 6 nitrogen and oxygen atoms in total. The average molecular weight is 412 g/mol. The number of sulfonamides is 1. The summed E-state index contributed by atoms with van der Waals surface area (Å²) in [4.78, 5) is 14.6. The maximum Gasteiger partial charge on any atom is 0.239 e. The number of nitrogens with zero attached hydrogens (tertiary/aromatic N) is 1. The topological polar surface area (TPSA) is 92.5 Å². The van der Waals surface area contributed by atoms with Gasteiger partial charge in [-0.15, -0.1) is 0 Å². The molecule has 0 aliphatic rings. The molecule has 0 saturated carbocycles. The molecule has 0 saturated heterocycles. The molecule has 0 aliphatic heterocycles. The van der Waals surface area contributed by atoms with E-state index >= 15 is 0 Å². The number of primary sulfonamides is 1. The Hall–Kier alpha value is -2.90. The van der Waals surface area contributed by atoms with Crippen LogP contribution in [0.25, 0.3) is 10.8 Å². The Bertz CT molecular complexity index is 1090. The van der Waals surface area contributed by atoms with Gasteiger partial charge in [0.25, 0.3) is 0 Å². The van der Waals surface area contributed by atoms with Gasteiger partial charge >= 0.3 is 0 Å². The van der Waals surface area contributed by atoms with Crippen LogP contribution < -0.4 is 15.4 Å². The van der Waals surface area contributed by atoms with Crippen LogP contribution >= 0.6 is 0 Å². The standard InChI is InChI=1S/C22H25N3O3S/c1-2-25(21-9-5-7-18-6-3-4-8-20(18)21)16-22(26)24-15-14-17-10-12-19(13-11-17)29(23,27)28/h3-13H,2,14-16H2,1H3,(H,24,26)(H2,23,27,28). The van der Waals surface area contributed by atoms with Crippen molar-refractivity contribution < 1.29 is 13.2 Å². The van der Waals surface area contributed by atoms with Crippen LogP contribution in [-0.2, 0) is 21.2 Å². The number of amides is 1. The largest absolute Gasteiger partial charge is 0.362 e. The summed E-state index contributed by atoms with van der Waals surface area (Å²) in [6.07, 6.45) is 0.608. The molecular weight excluding hydrogens is 386 g/mol. The van der Waals surface area contributed by atoms with Gasteiger partial charge in [0.2, 0.25) is 15.9 Å². The summed E-state index contributed by atoms with van der Waals surface area (Å²) in [6, 6.07) is 20.6. The highest BCUT2D eigenvalue weighted by atomic mass is 32.2. The Kier molecular flexibility index (Phi) is 6.51. The fourth-order valence-electron chi connectivity index (χ4n) is 3.27. The zero-order valence-electron chi connectivity index (χ0n) is 16.3. The van der Waals surface area contributed by atoms with E-state index in [1.807, 2.05) is 31.2 Å². The average Bonchev–Trinajstić information content (AvgIpc) is 2.71. The molecule has 0 unspecified atom stereocenters. The maximum atomic E-state index is 12.4. The lowest BCUT2D eigenvalue weighted by atomic mass is 10.1. The number of nitrogens with one attached hydrogen (secondary N) is 1. The third kappa shape index (κ3) is 5.34. The second-order valence-electron chi connectivity index (χ2n) is 6.80. The molecule has 3 aromatic rings. The molecule has 3 N–H and O–H groups in total. The molecule has 7 heteroatoms. The van der Waals surface area contributed by atoms with Gasteiger partial charge in [0.05, 0.1) is 11.4 Å². The van der Waals surface area contributed by atoms with Gasteiger partial charge in [0, 0.05) is 24.2 Å². The van der Waals surface area contributed by atoms with Gasteiger partial charge in [-0.1, -0.05) is 48.5 Å². The Morgan fingerprint density at radius 2 is 1.69 bits per heavy atom. The molecule has 0 atom stereocenters. The van der Waals surface area contributed by atoms with Crippen molar-refractivity contribution in [3.8, 4) is 0 Å². The quantitative estimate of drug-likeness (QED) is 0.596. The molecule has 0 radical (unpaired) electrons. The monoisotopic (exact) mass is 411 g/mol. The number of likely N-dealkylation sites (N-methyl/N-ethyl adjacent to an activating group) is 1. The number of benzene rings is 3. The number of rotatable bonds is 8. The van der Waals surface area contributed by atoms with E-state index in [1.165, 1.54) is 12.1 Å². The van der Waals surface area contributed by atoms with Gasteiger partial charge in [0.15, 0.2) is 0 Å². The minimum Gasteiger partial charge on any atom is -0.362 e. The minimum absolute atomic E-state index is 0.0547. The molecule has 0 spiro atoms. The summed E-state index contributed by atoms with van der Waals surface area (Å²) < 4.78 is 22.6. The first-order chi connectivity index (χ1) is 13.9. The minimum atomic E-state index is -3.69. The van der Waals surface area contributed by atoms with E-state index in [-0.39, 0.29) is 17.3 Å². The number of carbonyl (C=O) groups is 1. The third-order valence-electron chi connectivity index (χ3n) is 4.81. The van der Waals surface area contributed by atoms with Crippen molar-refractivity contribution >= 4 is 32.4 Å². The van der Waals surface area contributed by atoms with Crippen molar-refractivity contribution in [2.24, 2.45) is 5.14 Å². The summed E-state index contributed by atoms with van der Waals surface area (Å²) in [5.41, 5.74) is 1.97. The SMILES string of the molecule is CCN(CC(=O)NCCc1ccc(S(N)(=O)=O)cc1)c1cccc2ccccc12. The number of nitrogens with two attached hydrogens (primary N) is 1. The zero-order chi connectivity index (χ0) is 20.9. The highest BCUT2D eigenvalue weighted by Gasteiger charge is 2.12. The van der Waals surface area contributed by atoms with Crippen molar-refractivity contribution in [3.05, 3.63) is 72.3 Å². The van der Waals surface area contributed by atoms with E-state index in [4.69, 9.17) is 5.14 Å². The second kappa shape index (κ2) is 9.07. The highest BCUT2D eigenvalue weighted by Crippen LogP contribution is 2.26. The summed E-state index contributed by atoms with van der Waals surface area (Å²) in [5.74, 6) is -0.0547. The number of anilines is 1. The van der Waals surface area contributed by atoms with Gasteiger partial charge in [-0.3, -0.25) is 4.79 Å². The maximum absolute atomic E-state index is 12.4. The smallest absolute Gasteiger partial charge is 0.239 e. The summed E-state index contributed by atoms with van der Waals surface area (Å²) in [5, 5.41) is 10.3. The fourth-order valence-corrected chi connectivity index (χ4v) is 3.79. The van der Waals surface area contributed by atoms with E-state index in [2.05, 4.69) is 28.4 Å². The van der Waals surface area contributed by atoms with Crippen LogP contribution in [0.2, 0.25) is 0 Å². The van der Waals surface area contributed by atoms with Crippen molar-refractivity contribution in [2.45, 2.75) is 18.2 Å². The van der Waals surface area contributed by atoms with Gasteiger partial charge in [-0.2, -0.15) is 0 Å². The first kappa shape index (κ1) is 20.8. The summed E-state index contributed by atoms with van der Waals surface area (Å²) >= 11 is 0. The van der Waals surface area contributed by atoms with Crippen LogP contribution in [-0.4, -0.2) is 34.0 Å². The van der Waals surface area contributed by atoms with Crippen LogP contribution in [0.4, 0.5) is 5.69 Å². The predicted octanol–water partition coefficient (Wildman–Crippen LogP) is 2.67. The van der Waals surface area contributed by atoms with Crippen LogP contribution in [0.1, 0.15) is 12.5 Å². The normalized spacial score (nSPS) is 11.4. The molecule has 0 fully saturated rings. The van der Waals surface area contributed by atoms with Gasteiger partial charge in [-0.05, 0) is 42.5 Å². The summed E-state index contributed by atoms with van der Waals surface area (Å²) in [6.45, 7) is 3.49. The van der Waals surface area contributed by atoms with Crippen LogP contribution in [0.5, 0.6) is 0 Å². The van der Waals surface area contributed by atoms with Crippen LogP contribution in [0.3, 0.4) is 0 Å². The molecule has 152 valence electrons. The molecule has 0 bridgehead atoms. The van der Waals surface area contributed by atoms with Crippen molar-refractivity contribution in [3.63, 3.8) is 0 Å². The zero-order valence-corrected chi connectivity index (χ0v) is 17.2. The van der Waals surface area contributed by atoms with Gasteiger partial charge < -0.3 is 10.2 Å². The molecule has 29 heavy (non-hydrogen) atoms. The molecule has 3 rings (SSSR count). The molecular formula is C22H25N3O3S. The lowest BCUT2D eigenvalue weighted by molar-refractivity contribution is -0.119. The first-order valence-corrected chi connectivity index (χ1v) is 11.0. The van der Waals surface area contributed by atoms with E-state index < -0.39 is 10.0 Å². The van der Waals surface area contributed by atoms with Crippen LogP contribution in [0, 0.1) is 0 Å². The lowest BCUT2D eigenvalue weighted by Gasteiger charge is -2.24. The van der Waals surface area contributed by atoms with Gasteiger partial charge in [0.1, 0.15) is 0 Å². The molecule has 3 aromatic carbocycles. The summed E-state index contributed by atoms with van der Waals surface area (Å²) in [7, 11) is -3.69. The molecule has 0 aliphatic carbocycles. The Morgan fingerprint density at radius 1 is 1.00 bits per heavy atom. The third-order valence-corrected chi connectivity index (χ3v) is 5.74. The highest BCUT2D eigenvalue weighted by molar-refractivity contribution is 7.89. The molecule has 0 heterocycles. The van der Waals surface area contributed by atoms with E-state index in [0.717, 1.165) is 28.6 Å². The van der Waals surface area contributed by atoms with E-state index in [9.17, 15) is 13.2 Å². The number of fused-ring (bicyclic) bond motifs is 1. The van der Waals surface area contributed by atoms with Crippen molar-refractivity contribution in [1.82, 2.24) is 5.32 Å². The van der Waals surface area contributed by atoms with E-state index in [1.54, 1.807) is 12.1 Å². The van der Waals surface area contributed by atoms with Gasteiger partial charge in [-0.25, -0.2) is 13.6 Å². The Balaban J connectivity index is 1.58. The number of hydrogen-bond acceptors (Lipinski definition) is 4. The first-order valence-electron chi connectivity index (χ1n) is 9.49. The number of hydrogen-bond donors (Lipinski definition) is 2.